The third-order valence-corrected chi connectivity index (χ3v) is 6.06. The first-order valence-corrected chi connectivity index (χ1v) is 9.67. The van der Waals surface area contributed by atoms with Gasteiger partial charge in [-0.2, -0.15) is 0 Å². The minimum atomic E-state index is -3.56. The Hall–Kier alpha value is -1.12. The Balaban J connectivity index is 1.89. The fraction of sp³-hybridized carbons (Fsp3) is 0.615. The average molecular weight is 328 g/mol. The minimum absolute atomic E-state index is 0.221. The van der Waals surface area contributed by atoms with Gasteiger partial charge in [-0.05, 0) is 25.7 Å². The maximum Gasteiger partial charge on any atom is 0.260 e. The molecule has 0 radical (unpaired) electrons. The summed E-state index contributed by atoms with van der Waals surface area (Å²) in [5, 5.41) is 5.10. The zero-order chi connectivity index (χ0) is 14.9. The molecular formula is C13H20N4O2S2. The van der Waals surface area contributed by atoms with E-state index < -0.39 is 10.0 Å². The van der Waals surface area contributed by atoms with Crippen LogP contribution in [0.5, 0.6) is 0 Å². The molecule has 8 heteroatoms. The van der Waals surface area contributed by atoms with Crippen molar-refractivity contribution in [2.45, 2.75) is 37.6 Å². The highest BCUT2D eigenvalue weighted by molar-refractivity contribution is 7.89. The summed E-state index contributed by atoms with van der Waals surface area (Å²) < 4.78 is 29.7. The largest absolute Gasteiger partial charge is 0.368 e. The highest BCUT2D eigenvalue weighted by Gasteiger charge is 2.27. The molecule has 2 aromatic rings. The predicted molar refractivity (Wildman–Crippen MR) is 84.4 cm³/mol. The molecule has 1 saturated carbocycles. The number of nitrogens with one attached hydrogen (secondary N) is 2. The number of sulfonamides is 1. The van der Waals surface area contributed by atoms with Crippen molar-refractivity contribution in [2.75, 3.05) is 18.4 Å². The standard InChI is InChI=1S/C13H20N4O2S2/c1-2-14-11-12(17-7-8-20-13(17)16-11)21(18,19)15-9-10-5-3-4-6-10/h7-8,10,14-15H,2-6,9H2,1H3. The maximum atomic E-state index is 12.7. The highest BCUT2D eigenvalue weighted by atomic mass is 32.2. The van der Waals surface area contributed by atoms with Gasteiger partial charge < -0.3 is 5.32 Å². The summed E-state index contributed by atoms with van der Waals surface area (Å²) in [5.74, 6) is 0.900. The van der Waals surface area contributed by atoms with Crippen molar-refractivity contribution in [1.29, 1.82) is 0 Å². The molecule has 0 aliphatic heterocycles. The van der Waals surface area contributed by atoms with E-state index in [4.69, 9.17) is 0 Å². The van der Waals surface area contributed by atoms with Crippen LogP contribution in [-0.2, 0) is 10.0 Å². The normalized spacial score (nSPS) is 16.8. The summed E-state index contributed by atoms with van der Waals surface area (Å²) in [6, 6.07) is 0. The Kier molecular flexibility index (Phi) is 4.19. The number of nitrogens with zero attached hydrogens (tertiary/aromatic N) is 2. The molecule has 21 heavy (non-hydrogen) atoms. The van der Waals surface area contributed by atoms with Crippen LogP contribution in [0.1, 0.15) is 32.6 Å². The van der Waals surface area contributed by atoms with Crippen molar-refractivity contribution in [3.05, 3.63) is 11.6 Å². The SMILES string of the molecule is CCNc1nc2sccn2c1S(=O)(=O)NCC1CCCC1. The van der Waals surface area contributed by atoms with E-state index in [1.165, 1.54) is 24.2 Å². The molecule has 6 nitrogen and oxygen atoms in total. The maximum absolute atomic E-state index is 12.7. The number of aromatic nitrogens is 2. The lowest BCUT2D eigenvalue weighted by Gasteiger charge is -2.12. The fourth-order valence-corrected chi connectivity index (χ4v) is 4.96. The summed E-state index contributed by atoms with van der Waals surface area (Å²) >= 11 is 1.43. The number of rotatable bonds is 6. The van der Waals surface area contributed by atoms with Gasteiger partial charge >= 0.3 is 0 Å². The van der Waals surface area contributed by atoms with E-state index in [2.05, 4.69) is 15.0 Å². The van der Waals surface area contributed by atoms with E-state index in [0.29, 0.717) is 29.8 Å². The molecule has 2 heterocycles. The lowest BCUT2D eigenvalue weighted by Crippen LogP contribution is -2.30. The van der Waals surface area contributed by atoms with Gasteiger partial charge in [0.15, 0.2) is 15.8 Å². The zero-order valence-corrected chi connectivity index (χ0v) is 13.6. The Morgan fingerprint density at radius 1 is 1.43 bits per heavy atom. The van der Waals surface area contributed by atoms with Crippen LogP contribution < -0.4 is 10.0 Å². The summed E-state index contributed by atoms with van der Waals surface area (Å²) in [6.45, 7) is 3.08. The minimum Gasteiger partial charge on any atom is -0.368 e. The van der Waals surface area contributed by atoms with Crippen LogP contribution in [0, 0.1) is 5.92 Å². The van der Waals surface area contributed by atoms with Gasteiger partial charge in [-0.15, -0.1) is 11.3 Å². The monoisotopic (exact) mass is 328 g/mol. The lowest BCUT2D eigenvalue weighted by molar-refractivity contribution is 0.518. The van der Waals surface area contributed by atoms with Crippen molar-refractivity contribution in [1.82, 2.24) is 14.1 Å². The van der Waals surface area contributed by atoms with Crippen molar-refractivity contribution >= 4 is 32.1 Å². The van der Waals surface area contributed by atoms with Crippen LogP contribution in [0.2, 0.25) is 0 Å². The molecule has 0 aromatic carbocycles. The average Bonchev–Trinajstić information content (AvgIpc) is 3.12. The van der Waals surface area contributed by atoms with Crippen LogP contribution >= 0.6 is 11.3 Å². The molecule has 0 spiro atoms. The lowest BCUT2D eigenvalue weighted by atomic mass is 10.1. The molecule has 0 atom stereocenters. The number of anilines is 1. The first kappa shape index (κ1) is 14.8. The van der Waals surface area contributed by atoms with Gasteiger partial charge in [-0.3, -0.25) is 4.40 Å². The third kappa shape index (κ3) is 2.93. The van der Waals surface area contributed by atoms with E-state index in [1.54, 1.807) is 10.6 Å². The van der Waals surface area contributed by atoms with E-state index >= 15 is 0 Å². The Morgan fingerprint density at radius 2 is 2.19 bits per heavy atom. The first-order chi connectivity index (χ1) is 10.1. The Bertz CT molecular complexity index is 714. The molecule has 1 fully saturated rings. The molecular weight excluding hydrogens is 308 g/mol. The molecule has 2 N–H and O–H groups in total. The second-order valence-electron chi connectivity index (χ2n) is 5.35. The van der Waals surface area contributed by atoms with E-state index in [9.17, 15) is 8.42 Å². The van der Waals surface area contributed by atoms with Crippen molar-refractivity contribution < 1.29 is 8.42 Å². The number of hydrogen-bond acceptors (Lipinski definition) is 5. The fourth-order valence-electron chi connectivity index (χ4n) is 2.81. The summed E-state index contributed by atoms with van der Waals surface area (Å²) in [6.07, 6.45) is 6.39. The summed E-state index contributed by atoms with van der Waals surface area (Å²) in [4.78, 5) is 5.05. The van der Waals surface area contributed by atoms with Crippen LogP contribution in [0.25, 0.3) is 4.96 Å². The number of imidazole rings is 1. The van der Waals surface area contributed by atoms with Crippen LogP contribution in [0.15, 0.2) is 16.6 Å². The molecule has 3 rings (SSSR count). The Labute approximate surface area is 128 Å². The van der Waals surface area contributed by atoms with Crippen molar-refractivity contribution in [3.8, 4) is 0 Å². The van der Waals surface area contributed by atoms with Crippen molar-refractivity contribution in [2.24, 2.45) is 5.92 Å². The zero-order valence-electron chi connectivity index (χ0n) is 12.0. The van der Waals surface area contributed by atoms with E-state index in [1.807, 2.05) is 12.3 Å². The van der Waals surface area contributed by atoms with Gasteiger partial charge in [-0.25, -0.2) is 18.1 Å². The Morgan fingerprint density at radius 3 is 2.90 bits per heavy atom. The summed E-state index contributed by atoms with van der Waals surface area (Å²) in [7, 11) is -3.56. The molecule has 0 bridgehead atoms. The molecule has 0 unspecified atom stereocenters. The molecule has 2 aromatic heterocycles. The topological polar surface area (TPSA) is 75.5 Å². The van der Waals surface area contributed by atoms with E-state index in [-0.39, 0.29) is 5.03 Å². The highest BCUT2D eigenvalue weighted by Crippen LogP contribution is 2.27. The summed E-state index contributed by atoms with van der Waals surface area (Å²) in [5.41, 5.74) is 0. The number of thiazole rings is 1. The molecule has 116 valence electrons. The van der Waals surface area contributed by atoms with Gasteiger partial charge in [-0.1, -0.05) is 12.8 Å². The van der Waals surface area contributed by atoms with Crippen molar-refractivity contribution in [3.63, 3.8) is 0 Å². The molecule has 1 aliphatic carbocycles. The van der Waals surface area contributed by atoms with Crippen LogP contribution in [0.4, 0.5) is 5.82 Å². The van der Waals surface area contributed by atoms with Gasteiger partial charge in [0, 0.05) is 24.7 Å². The second kappa shape index (κ2) is 5.94. The van der Waals surface area contributed by atoms with Crippen LogP contribution in [-0.4, -0.2) is 30.9 Å². The number of hydrogen-bond donors (Lipinski definition) is 2. The van der Waals surface area contributed by atoms with Gasteiger partial charge in [0.25, 0.3) is 10.0 Å². The molecule has 0 amide bonds. The van der Waals surface area contributed by atoms with E-state index in [0.717, 1.165) is 12.8 Å². The quantitative estimate of drug-likeness (QED) is 0.853. The molecule has 1 aliphatic rings. The van der Waals surface area contributed by atoms with Gasteiger partial charge in [0.05, 0.1) is 0 Å². The predicted octanol–water partition coefficient (Wildman–Crippen LogP) is 2.30. The smallest absolute Gasteiger partial charge is 0.260 e. The second-order valence-corrected chi connectivity index (χ2v) is 7.91. The van der Waals surface area contributed by atoms with Gasteiger partial charge in [0.2, 0.25) is 0 Å². The third-order valence-electron chi connectivity index (χ3n) is 3.85. The number of fused-ring (bicyclic) bond motifs is 1. The first-order valence-electron chi connectivity index (χ1n) is 7.31. The van der Waals surface area contributed by atoms with Crippen LogP contribution in [0.3, 0.4) is 0 Å². The molecule has 0 saturated heterocycles. The van der Waals surface area contributed by atoms with Gasteiger partial charge in [0.1, 0.15) is 0 Å².